The second-order valence-electron chi connectivity index (χ2n) is 4.34. The van der Waals surface area contributed by atoms with Gasteiger partial charge >= 0.3 is 11.2 Å². The number of rotatable bonds is 0. The molecule has 0 saturated carbocycles. The average Bonchev–Trinajstić information content (AvgIpc) is 2.96. The summed E-state index contributed by atoms with van der Waals surface area (Å²) >= 11 is 0. The minimum absolute atomic E-state index is 0.761. The monoisotopic (exact) mass is 253 g/mol. The van der Waals surface area contributed by atoms with Crippen LogP contribution in [0.3, 0.4) is 0 Å². The molecule has 3 aromatic rings. The summed E-state index contributed by atoms with van der Waals surface area (Å²) in [7, 11) is 0. The van der Waals surface area contributed by atoms with E-state index in [1.165, 1.54) is 5.56 Å². The minimum atomic E-state index is 0.761. The van der Waals surface area contributed by atoms with E-state index in [1.807, 2.05) is 38.1 Å². The third-order valence-electron chi connectivity index (χ3n) is 3.30. The Labute approximate surface area is 112 Å². The first kappa shape index (κ1) is 12.0. The van der Waals surface area contributed by atoms with Crippen LogP contribution in [0.5, 0.6) is 5.75 Å². The highest BCUT2D eigenvalue weighted by atomic mass is 16.5. The predicted molar refractivity (Wildman–Crippen MR) is 78.7 cm³/mol. The van der Waals surface area contributed by atoms with Crippen LogP contribution in [-0.4, -0.2) is 6.61 Å². The van der Waals surface area contributed by atoms with Crippen LogP contribution in [0.15, 0.2) is 46.9 Å². The van der Waals surface area contributed by atoms with Crippen LogP contribution >= 0.6 is 0 Å². The highest BCUT2D eigenvalue weighted by Gasteiger charge is 2.24. The van der Waals surface area contributed by atoms with E-state index < -0.39 is 0 Å². The maximum atomic E-state index is 6.01. The van der Waals surface area contributed by atoms with Gasteiger partial charge in [-0.1, -0.05) is 26.0 Å². The molecule has 0 radical (unpaired) electrons. The molecule has 2 heterocycles. The van der Waals surface area contributed by atoms with Crippen molar-refractivity contribution in [1.29, 1.82) is 0 Å². The highest BCUT2D eigenvalue weighted by molar-refractivity contribution is 5.92. The second-order valence-corrected chi connectivity index (χ2v) is 4.34. The summed E-state index contributed by atoms with van der Waals surface area (Å²) in [4.78, 5) is 0. The van der Waals surface area contributed by atoms with E-state index in [9.17, 15) is 0 Å². The van der Waals surface area contributed by atoms with Gasteiger partial charge in [0.2, 0.25) is 0 Å². The van der Waals surface area contributed by atoms with Gasteiger partial charge in [0.05, 0.1) is 17.4 Å². The molecular formula is C17H17O2+. The quantitative estimate of drug-likeness (QED) is 0.422. The molecule has 0 N–H and O–H groups in total. The van der Waals surface area contributed by atoms with Crippen LogP contribution in [0.25, 0.3) is 21.9 Å². The number of para-hydroxylation sites is 1. The summed E-state index contributed by atoms with van der Waals surface area (Å²) in [6.07, 6.45) is 0.939. The number of hydrogen-bond acceptors (Lipinski definition) is 1. The molecule has 2 heteroatoms. The van der Waals surface area contributed by atoms with Crippen molar-refractivity contribution >= 4 is 21.9 Å². The Morgan fingerprint density at radius 1 is 1.00 bits per heavy atom. The number of benzene rings is 2. The van der Waals surface area contributed by atoms with Crippen LogP contribution in [0.1, 0.15) is 19.4 Å². The van der Waals surface area contributed by atoms with Crippen LogP contribution < -0.4 is 4.74 Å². The van der Waals surface area contributed by atoms with Crippen molar-refractivity contribution in [1.82, 2.24) is 0 Å². The number of ether oxygens (including phenoxy) is 1. The molecule has 2 nitrogen and oxygen atoms in total. The van der Waals surface area contributed by atoms with Crippen molar-refractivity contribution in [2.75, 3.05) is 6.61 Å². The third-order valence-corrected chi connectivity index (χ3v) is 3.30. The van der Waals surface area contributed by atoms with E-state index in [-0.39, 0.29) is 0 Å². The van der Waals surface area contributed by atoms with Crippen LogP contribution in [0.4, 0.5) is 0 Å². The topological polar surface area (TPSA) is 20.5 Å². The molecule has 1 aromatic heterocycles. The van der Waals surface area contributed by atoms with E-state index in [2.05, 4.69) is 18.2 Å². The molecule has 96 valence electrons. The molecule has 0 bridgehead atoms. The van der Waals surface area contributed by atoms with E-state index in [4.69, 9.17) is 9.15 Å². The molecule has 1 aliphatic rings. The Balaban J connectivity index is 0.000000528. The molecule has 0 amide bonds. The van der Waals surface area contributed by atoms with Crippen molar-refractivity contribution in [3.8, 4) is 5.75 Å². The van der Waals surface area contributed by atoms with Gasteiger partial charge in [-0.3, -0.25) is 0 Å². The van der Waals surface area contributed by atoms with Gasteiger partial charge in [0.1, 0.15) is 11.3 Å². The number of fused-ring (bicyclic) bond motifs is 4. The first-order valence-corrected chi connectivity index (χ1v) is 6.82. The molecule has 1 aliphatic heterocycles. The van der Waals surface area contributed by atoms with Gasteiger partial charge in [-0.25, -0.2) is 4.42 Å². The lowest BCUT2D eigenvalue weighted by Gasteiger charge is -1.97. The molecule has 4 rings (SSSR count). The fourth-order valence-electron chi connectivity index (χ4n) is 2.47. The summed E-state index contributed by atoms with van der Waals surface area (Å²) in [5, 5.41) is 2.28. The predicted octanol–water partition coefficient (Wildman–Crippen LogP) is 4.83. The Morgan fingerprint density at radius 3 is 2.74 bits per heavy atom. The molecule has 0 spiro atoms. The molecule has 0 aliphatic carbocycles. The molecule has 0 atom stereocenters. The van der Waals surface area contributed by atoms with Crippen molar-refractivity contribution < 1.29 is 9.15 Å². The third kappa shape index (κ3) is 1.93. The van der Waals surface area contributed by atoms with Crippen LogP contribution in [0, 0.1) is 0 Å². The maximum Gasteiger partial charge on any atom is 0.367 e. The highest BCUT2D eigenvalue weighted by Crippen LogP contribution is 2.34. The normalized spacial score (nSPS) is 12.7. The summed E-state index contributed by atoms with van der Waals surface area (Å²) in [5.74, 6) is 0.969. The van der Waals surface area contributed by atoms with Gasteiger partial charge < -0.3 is 4.74 Å². The Hall–Kier alpha value is -2.09. The van der Waals surface area contributed by atoms with Gasteiger partial charge in [-0.2, -0.15) is 0 Å². The van der Waals surface area contributed by atoms with Crippen molar-refractivity contribution in [2.24, 2.45) is 0 Å². The van der Waals surface area contributed by atoms with Gasteiger partial charge in [-0.15, -0.1) is 0 Å². The zero-order chi connectivity index (χ0) is 13.2. The SMILES string of the molecule is CC.c1ccc2[o+]c3c4c(ccc3cc2c1)OCC4. The van der Waals surface area contributed by atoms with Crippen molar-refractivity contribution in [2.45, 2.75) is 20.3 Å². The lowest BCUT2D eigenvalue weighted by atomic mass is 10.1. The summed E-state index contributed by atoms with van der Waals surface area (Å²) in [6, 6.07) is 14.4. The summed E-state index contributed by atoms with van der Waals surface area (Å²) in [5.41, 5.74) is 3.10. The molecule has 0 unspecified atom stereocenters. The standard InChI is InChI=1S/C15H11O2.C2H6/c1-2-4-13-10(3-1)9-11-5-6-14-12(7-8-16-14)15(11)17-13;1-2/h1-6,9H,7-8H2;1-2H3/q+1;. The fourth-order valence-corrected chi connectivity index (χ4v) is 2.47. The zero-order valence-electron chi connectivity index (χ0n) is 11.3. The van der Waals surface area contributed by atoms with E-state index in [1.54, 1.807) is 0 Å². The van der Waals surface area contributed by atoms with Gasteiger partial charge in [-0.05, 0) is 24.3 Å². The summed E-state index contributed by atoms with van der Waals surface area (Å²) in [6.45, 7) is 4.76. The molecule has 2 aromatic carbocycles. The van der Waals surface area contributed by atoms with Crippen molar-refractivity contribution in [3.63, 3.8) is 0 Å². The van der Waals surface area contributed by atoms with Gasteiger partial charge in [0, 0.05) is 12.5 Å². The van der Waals surface area contributed by atoms with E-state index >= 15 is 0 Å². The first-order valence-electron chi connectivity index (χ1n) is 6.82. The first-order chi connectivity index (χ1) is 9.42. The Kier molecular flexibility index (Phi) is 3.08. The number of hydrogen-bond donors (Lipinski definition) is 0. The van der Waals surface area contributed by atoms with Crippen LogP contribution in [-0.2, 0) is 6.42 Å². The minimum Gasteiger partial charge on any atom is -0.493 e. The largest absolute Gasteiger partial charge is 0.493 e. The van der Waals surface area contributed by atoms with E-state index in [0.29, 0.717) is 0 Å². The molecule has 19 heavy (non-hydrogen) atoms. The van der Waals surface area contributed by atoms with Gasteiger partial charge in [0.15, 0.2) is 0 Å². The molecular weight excluding hydrogens is 236 g/mol. The van der Waals surface area contributed by atoms with Gasteiger partial charge in [0.25, 0.3) is 0 Å². The Morgan fingerprint density at radius 2 is 1.84 bits per heavy atom. The smallest absolute Gasteiger partial charge is 0.367 e. The Bertz CT molecular complexity index is 732. The van der Waals surface area contributed by atoms with E-state index in [0.717, 1.165) is 40.7 Å². The van der Waals surface area contributed by atoms with Crippen molar-refractivity contribution in [3.05, 3.63) is 48.0 Å². The summed E-state index contributed by atoms with van der Waals surface area (Å²) < 4.78 is 11.6. The average molecular weight is 253 g/mol. The molecule has 0 saturated heterocycles. The zero-order valence-corrected chi connectivity index (χ0v) is 11.3. The molecule has 0 fully saturated rings. The van der Waals surface area contributed by atoms with Crippen LogP contribution in [0.2, 0.25) is 0 Å². The fraction of sp³-hybridized carbons (Fsp3) is 0.235. The maximum absolute atomic E-state index is 6.01. The second kappa shape index (κ2) is 4.88. The lowest BCUT2D eigenvalue weighted by Crippen LogP contribution is -1.85. The lowest BCUT2D eigenvalue weighted by molar-refractivity contribution is 0.357.